The topological polar surface area (TPSA) is 81.7 Å². The third kappa shape index (κ3) is 12.8. The summed E-state index contributed by atoms with van der Waals surface area (Å²) in [5, 5.41) is 4.81. The Morgan fingerprint density at radius 1 is 0.293 bits per heavy atom. The molecule has 5 heterocycles. The standard InChI is InChI=1S/C36H31BO3.C30H19ClO.C12H24B2O4.V.W/c1-35(2)36(3,4)40-37(39-35)31-19-12-20-32-33(31)30-18-11-17-29(34(30)38-32)28-22-26(24-13-7-5-8-14-24)21-27(23-28)25-15-9-6-10-16-25;31-27-15-8-16-28-29(27)26-14-7-13-25(30(26)32-28)24-18-22(20-9-3-1-4-10-20)17-23(19-24)21-11-5-2-6-12-21;1-9(2)10(3,4)16-13(15-9)14-17-11(5,6)12(7,8)18-14;;/h5-23H,1-4H3;1-19H;1-8H3;;. The van der Waals surface area contributed by atoms with Gasteiger partial charge in [0.1, 0.15) is 22.3 Å². The second-order valence-corrected chi connectivity index (χ2v) is 27.2. The minimum atomic E-state index is -0.476. The molecule has 14 heteroatoms. The predicted octanol–water partition coefficient (Wildman–Crippen LogP) is 20.4. The van der Waals surface area contributed by atoms with E-state index in [-0.39, 0.29) is 62.0 Å². The molecule has 12 aromatic rings. The average Bonchev–Trinajstić information content (AvgIpc) is 1.58. The quantitative estimate of drug-likeness (QED) is 0.139. The Hall–Kier alpha value is -6.68. The fourth-order valence-electron chi connectivity index (χ4n) is 12.1. The van der Waals surface area contributed by atoms with Crippen LogP contribution in [0.3, 0.4) is 0 Å². The van der Waals surface area contributed by atoms with Crippen LogP contribution in [0, 0.1) is 0 Å². The summed E-state index contributed by atoms with van der Waals surface area (Å²) in [6.07, 6.45) is 0. The molecular formula is C78H74B3ClO8VW. The molecule has 2 aromatic heterocycles. The Labute approximate surface area is 573 Å². The number of furan rings is 2. The molecule has 461 valence electrons. The summed E-state index contributed by atoms with van der Waals surface area (Å²) < 4.78 is 49.7. The van der Waals surface area contributed by atoms with Crippen LogP contribution in [0.5, 0.6) is 0 Å². The molecule has 0 bridgehead atoms. The SMILES string of the molecule is CC1(C)OB(B2OC(C)(C)C(C)(C)O2)OC1(C)C.CC1(C)OB(c2cccc3oc4c(-c5cc(-c6ccccc6)cc(-c6ccccc6)c5)cccc4c23)OC1(C)C.Clc1cccc2oc3c(-c4cc(-c5ccccc5)cc(-c5ccccc5)c4)cccc3c12.[V].[W]. The first-order valence-corrected chi connectivity index (χ1v) is 31.5. The summed E-state index contributed by atoms with van der Waals surface area (Å²) in [5.41, 5.74) is 15.9. The molecule has 0 N–H and O–H groups in total. The van der Waals surface area contributed by atoms with Gasteiger partial charge in [-0.25, -0.2) is 0 Å². The molecule has 8 nitrogen and oxygen atoms in total. The van der Waals surface area contributed by atoms with Gasteiger partial charge in [0.25, 0.3) is 0 Å². The van der Waals surface area contributed by atoms with Gasteiger partial charge in [-0.2, -0.15) is 0 Å². The van der Waals surface area contributed by atoms with Gasteiger partial charge >= 0.3 is 21.1 Å². The predicted molar refractivity (Wildman–Crippen MR) is 373 cm³/mol. The normalized spacial score (nSPS) is 17.2. The van der Waals surface area contributed by atoms with Crippen LogP contribution in [0.4, 0.5) is 0 Å². The van der Waals surface area contributed by atoms with E-state index in [4.69, 9.17) is 48.4 Å². The Morgan fingerprint density at radius 2 is 0.587 bits per heavy atom. The van der Waals surface area contributed by atoms with Crippen LogP contribution in [0.15, 0.2) is 239 Å². The smallest absolute Gasteiger partial charge is 0.455 e. The van der Waals surface area contributed by atoms with Crippen LogP contribution in [-0.2, 0) is 67.5 Å². The van der Waals surface area contributed by atoms with Crippen molar-refractivity contribution in [1.29, 1.82) is 0 Å². The Morgan fingerprint density at radius 3 is 0.946 bits per heavy atom. The van der Waals surface area contributed by atoms with Gasteiger partial charge in [-0.1, -0.05) is 188 Å². The van der Waals surface area contributed by atoms with Gasteiger partial charge in [0.05, 0.1) is 38.6 Å². The number of rotatable bonds is 8. The van der Waals surface area contributed by atoms with Crippen molar-refractivity contribution in [3.8, 4) is 66.8 Å². The van der Waals surface area contributed by atoms with E-state index in [1.54, 1.807) is 0 Å². The van der Waals surface area contributed by atoms with Gasteiger partial charge in [-0.15, -0.1) is 0 Å². The molecular weight excluding hydrogens is 1370 g/mol. The van der Waals surface area contributed by atoms with Crippen LogP contribution >= 0.6 is 11.6 Å². The summed E-state index contributed by atoms with van der Waals surface area (Å²) in [5.74, 6) is 0. The summed E-state index contributed by atoms with van der Waals surface area (Å²) >= 11 is 6.53. The largest absolute Gasteiger partial charge is 0.495 e. The summed E-state index contributed by atoms with van der Waals surface area (Å²) in [6, 6.07) is 80.2. The fourth-order valence-corrected chi connectivity index (χ4v) is 12.3. The van der Waals surface area contributed by atoms with Crippen molar-refractivity contribution in [2.24, 2.45) is 0 Å². The van der Waals surface area contributed by atoms with E-state index in [9.17, 15) is 0 Å². The van der Waals surface area contributed by atoms with Gasteiger partial charge in [-0.05, 0) is 199 Å². The van der Waals surface area contributed by atoms with E-state index in [1.165, 1.54) is 44.5 Å². The van der Waals surface area contributed by atoms with Gasteiger partial charge in [-0.3, -0.25) is 0 Å². The molecule has 3 saturated heterocycles. The van der Waals surface area contributed by atoms with Gasteiger partial charge in [0.15, 0.2) is 0 Å². The van der Waals surface area contributed by atoms with E-state index in [2.05, 4.69) is 216 Å². The number of halogens is 1. The van der Waals surface area contributed by atoms with E-state index in [0.29, 0.717) is 5.02 Å². The van der Waals surface area contributed by atoms with Crippen LogP contribution in [0.1, 0.15) is 83.1 Å². The molecule has 0 aliphatic carbocycles. The minimum Gasteiger partial charge on any atom is -0.455 e. The number of fused-ring (bicyclic) bond motifs is 6. The third-order valence-corrected chi connectivity index (χ3v) is 19.5. The van der Waals surface area contributed by atoms with E-state index in [1.807, 2.05) is 97.9 Å². The van der Waals surface area contributed by atoms with E-state index >= 15 is 0 Å². The van der Waals surface area contributed by atoms with Crippen molar-refractivity contribution >= 4 is 82.1 Å². The van der Waals surface area contributed by atoms with Gasteiger partial charge < -0.3 is 36.8 Å². The zero-order chi connectivity index (χ0) is 63.0. The van der Waals surface area contributed by atoms with Crippen LogP contribution in [0.2, 0.25) is 5.02 Å². The first kappa shape index (κ1) is 66.8. The maximum atomic E-state index is 6.62. The summed E-state index contributed by atoms with van der Waals surface area (Å²) in [7, 11) is -1.42. The maximum absolute atomic E-state index is 6.62. The van der Waals surface area contributed by atoms with Crippen molar-refractivity contribution in [3.63, 3.8) is 0 Å². The average molecular weight is 1440 g/mol. The molecule has 3 aliphatic rings. The van der Waals surface area contributed by atoms with Gasteiger partial charge in [0, 0.05) is 72.3 Å². The van der Waals surface area contributed by atoms with Crippen molar-refractivity contribution in [3.05, 3.63) is 236 Å². The Balaban J connectivity index is 0.000000149. The first-order valence-electron chi connectivity index (χ1n) is 31.1. The Bertz CT molecular complexity index is 4410. The van der Waals surface area contributed by atoms with Crippen molar-refractivity contribution in [1.82, 2.24) is 0 Å². The second-order valence-electron chi connectivity index (χ2n) is 26.8. The minimum absolute atomic E-state index is 0. The molecule has 0 amide bonds. The molecule has 0 saturated carbocycles. The first-order chi connectivity index (χ1) is 43.0. The number of para-hydroxylation sites is 2. The second kappa shape index (κ2) is 25.9. The number of hydrogen-bond donors (Lipinski definition) is 0. The van der Waals surface area contributed by atoms with Crippen molar-refractivity contribution < 1.29 is 76.4 Å². The van der Waals surface area contributed by atoms with Gasteiger partial charge in [0.2, 0.25) is 0 Å². The molecule has 15 rings (SSSR count). The molecule has 0 spiro atoms. The fraction of sp³-hybridized carbons (Fsp3) is 0.231. The van der Waals surface area contributed by atoms with E-state index in [0.717, 1.165) is 71.6 Å². The molecule has 3 fully saturated rings. The molecule has 0 unspecified atom stereocenters. The number of benzene rings is 10. The summed E-state index contributed by atoms with van der Waals surface area (Å²) in [4.78, 5) is 0. The Kier molecular flexibility index (Phi) is 18.8. The van der Waals surface area contributed by atoms with Crippen molar-refractivity contribution in [2.75, 3.05) is 0 Å². The maximum Gasteiger partial charge on any atom is 0.495 e. The summed E-state index contributed by atoms with van der Waals surface area (Å²) in [6.45, 7) is 24.6. The van der Waals surface area contributed by atoms with Crippen LogP contribution in [0.25, 0.3) is 111 Å². The molecule has 3 aliphatic heterocycles. The molecule has 1 radical (unpaired) electrons. The number of hydrogen-bond acceptors (Lipinski definition) is 8. The van der Waals surface area contributed by atoms with Crippen LogP contribution < -0.4 is 5.46 Å². The molecule has 0 atom stereocenters. The monoisotopic (exact) mass is 1440 g/mol. The van der Waals surface area contributed by atoms with Crippen molar-refractivity contribution in [2.45, 2.75) is 117 Å². The zero-order valence-corrected chi connectivity index (χ0v) is 59.3. The third-order valence-electron chi connectivity index (χ3n) is 19.2. The molecule has 92 heavy (non-hydrogen) atoms. The zero-order valence-electron chi connectivity index (χ0n) is 54.2. The van der Waals surface area contributed by atoms with Crippen LogP contribution in [-0.4, -0.2) is 54.7 Å². The van der Waals surface area contributed by atoms with E-state index < -0.39 is 32.3 Å². The molecule has 10 aromatic carbocycles.